The molecular weight excluding hydrogens is 939 g/mol. The molecule has 1 aromatic heterocycles. The number of likely N-dealkylation sites (tertiary alicyclic amines) is 1. The number of amides is 2. The maximum Gasteiger partial charge on any atom is 0.264 e. The lowest BCUT2D eigenvalue weighted by Gasteiger charge is -2.63. The summed E-state index contributed by atoms with van der Waals surface area (Å²) in [7, 11) is 3.33. The van der Waals surface area contributed by atoms with Crippen molar-refractivity contribution < 1.29 is 32.5 Å². The lowest BCUT2D eigenvalue weighted by Crippen LogP contribution is -2.74. The second-order valence-corrected chi connectivity index (χ2v) is 23.2. The van der Waals surface area contributed by atoms with Gasteiger partial charge in [-0.25, -0.2) is 8.78 Å². The molecule has 2 amide bonds. The molecule has 74 heavy (non-hydrogen) atoms. The Kier molecular flexibility index (Phi) is 12.7. The minimum atomic E-state index is -2.66. The molecule has 11 rings (SSSR count). The van der Waals surface area contributed by atoms with Crippen LogP contribution in [0, 0.1) is 33.5 Å². The fraction of sp³-hybridized carbons (Fsp3) is 0.517. The Bertz CT molecular complexity index is 2990. The second kappa shape index (κ2) is 19.0. The number of anilines is 2. The Labute approximate surface area is 433 Å². The van der Waals surface area contributed by atoms with Crippen LogP contribution in [-0.2, 0) is 18.3 Å². The van der Waals surface area contributed by atoms with Gasteiger partial charge in [-0.2, -0.15) is 10.4 Å². The van der Waals surface area contributed by atoms with Crippen LogP contribution in [-0.4, -0.2) is 119 Å². The van der Waals surface area contributed by atoms with Crippen molar-refractivity contribution in [3.05, 3.63) is 101 Å². The average Bonchev–Trinajstić information content (AvgIpc) is 4.11. The molecule has 0 radical (unpaired) electrons. The summed E-state index contributed by atoms with van der Waals surface area (Å²) < 4.78 is 45.2. The van der Waals surface area contributed by atoms with Gasteiger partial charge < -0.3 is 29.5 Å². The van der Waals surface area contributed by atoms with Crippen molar-refractivity contribution in [2.75, 3.05) is 62.7 Å². The van der Waals surface area contributed by atoms with Crippen LogP contribution in [0.1, 0.15) is 113 Å². The van der Waals surface area contributed by atoms with Gasteiger partial charge in [0.15, 0.2) is 6.21 Å². The van der Waals surface area contributed by atoms with Crippen LogP contribution >= 0.6 is 0 Å². The number of nitrogens with zero attached hydrogens (tertiary/aromatic N) is 9. The van der Waals surface area contributed by atoms with Gasteiger partial charge in [-0.05, 0) is 117 Å². The number of halogens is 2. The highest BCUT2D eigenvalue weighted by molar-refractivity contribution is 6.12. The molecule has 388 valence electrons. The highest BCUT2D eigenvalue weighted by atomic mass is 19.3. The highest BCUT2D eigenvalue weighted by Gasteiger charge is 2.64. The Hall–Kier alpha value is -6.60. The lowest BCUT2D eigenvalue weighted by atomic mass is 9.49. The Balaban J connectivity index is 0.701. The minimum absolute atomic E-state index is 0.0107. The summed E-state index contributed by atoms with van der Waals surface area (Å²) in [6.07, 6.45) is 11.0. The first-order valence-corrected chi connectivity index (χ1v) is 26.5. The maximum absolute atomic E-state index is 14.8. The summed E-state index contributed by atoms with van der Waals surface area (Å²) in [6, 6.07) is 19.4. The SMILES string of the molecule is COc1cc(OC2C(C)(C)C(NC(=O)c3ccc(N4CC(N5CCC6(CCC(/C=[N+]7\N=C(N8CCCc9cc(-c%10cnn(C)c%10)c(C(F)F)cc98)C8=C7CCN(C(C)=O)C8)CC6)C5)C4)cc3)C2(C)C)ccc1C#N. The third-order valence-corrected chi connectivity index (χ3v) is 17.8. The van der Waals surface area contributed by atoms with Crippen LogP contribution < -0.4 is 24.6 Å². The van der Waals surface area contributed by atoms with E-state index in [1.807, 2.05) is 23.1 Å². The molecule has 7 aliphatic rings. The molecular formula is C58H69F2N10O4+. The van der Waals surface area contributed by atoms with E-state index in [-0.39, 0.29) is 40.4 Å². The van der Waals surface area contributed by atoms with Gasteiger partial charge in [0.2, 0.25) is 17.4 Å². The van der Waals surface area contributed by atoms with E-state index in [1.165, 1.54) is 19.3 Å². The monoisotopic (exact) mass is 1010 g/mol. The maximum atomic E-state index is 14.8. The van der Waals surface area contributed by atoms with Gasteiger partial charge in [-0.3, -0.25) is 19.2 Å². The van der Waals surface area contributed by atoms with E-state index >= 15 is 0 Å². The molecule has 6 heterocycles. The third-order valence-electron chi connectivity index (χ3n) is 17.8. The number of aromatic nitrogens is 2. The molecule has 0 atom stereocenters. The van der Waals surface area contributed by atoms with Crippen molar-refractivity contribution in [2.24, 2.45) is 34.3 Å². The predicted molar refractivity (Wildman–Crippen MR) is 281 cm³/mol. The van der Waals surface area contributed by atoms with Crippen LogP contribution in [0.5, 0.6) is 11.5 Å². The molecule has 4 fully saturated rings. The average molecular weight is 1010 g/mol. The van der Waals surface area contributed by atoms with Crippen molar-refractivity contribution in [3.8, 4) is 28.7 Å². The standard InChI is InChI=1S/C58H68F2N10O4/c1-36(71)66-23-18-48-47(34-66)52(69-22-8-9-39-25-45(41-29-62-65(6)31-41)46(51(59)60)27-49(39)69)64-70(48)30-37-16-19-58(20-17-37)21-24-67(35-58)43-32-68(33-43)42-13-10-38(11-14-42)53(72)63-54-56(2,3)55(57(54,4)5)74-44-15-12-40(28-61)50(26-44)73-7/h10-15,25-27,29-31,37,43,51,54-55H,8-9,16-24,32-35H2,1-7H3/p+1/b70-30-. The number of carbonyl (C=O) groups is 2. The molecule has 2 aliphatic carbocycles. The fourth-order valence-electron chi connectivity index (χ4n) is 13.9. The van der Waals surface area contributed by atoms with Gasteiger partial charge in [-0.15, -0.1) is 0 Å². The summed E-state index contributed by atoms with van der Waals surface area (Å²) in [5, 5.41) is 22.3. The Morgan fingerprint density at radius 3 is 2.41 bits per heavy atom. The van der Waals surface area contributed by atoms with E-state index < -0.39 is 6.43 Å². The number of nitriles is 1. The molecule has 2 saturated carbocycles. The molecule has 5 aliphatic heterocycles. The molecule has 14 nitrogen and oxygen atoms in total. The number of alkyl halides is 2. The number of nitrogens with one attached hydrogen (secondary N) is 1. The van der Waals surface area contributed by atoms with Crippen molar-refractivity contribution in [2.45, 2.75) is 111 Å². The number of methoxy groups -OCH3 is 1. The lowest BCUT2D eigenvalue weighted by molar-refractivity contribution is -0.479. The van der Waals surface area contributed by atoms with Crippen LogP contribution in [0.3, 0.4) is 0 Å². The number of carbonyl (C=O) groups excluding carboxylic acids is 2. The summed E-state index contributed by atoms with van der Waals surface area (Å²) >= 11 is 0. The molecule has 0 bridgehead atoms. The largest absolute Gasteiger partial charge is 0.495 e. The molecule has 3 aromatic carbocycles. The van der Waals surface area contributed by atoms with E-state index in [0.29, 0.717) is 77.2 Å². The number of fused-ring (bicyclic) bond motifs is 1. The topological polar surface area (TPSA) is 135 Å². The molecule has 1 spiro atoms. The van der Waals surface area contributed by atoms with Crippen molar-refractivity contribution in [1.29, 1.82) is 5.26 Å². The summed E-state index contributed by atoms with van der Waals surface area (Å²) in [6.45, 7) is 16.0. The first-order valence-electron chi connectivity index (χ1n) is 26.5. The van der Waals surface area contributed by atoms with Gasteiger partial charge in [0, 0.05) is 121 Å². The zero-order chi connectivity index (χ0) is 51.8. The zero-order valence-corrected chi connectivity index (χ0v) is 43.8. The van der Waals surface area contributed by atoms with E-state index in [4.69, 9.17) is 14.6 Å². The highest BCUT2D eigenvalue weighted by Crippen LogP contribution is 2.56. The number of hydrogen-bond acceptors (Lipinski definition) is 10. The van der Waals surface area contributed by atoms with Gasteiger partial charge in [0.1, 0.15) is 23.7 Å². The second-order valence-electron chi connectivity index (χ2n) is 23.2. The van der Waals surface area contributed by atoms with Gasteiger partial charge in [0.25, 0.3) is 12.3 Å². The fourth-order valence-corrected chi connectivity index (χ4v) is 13.9. The number of benzene rings is 3. The number of aryl methyl sites for hydroxylation is 2. The van der Waals surface area contributed by atoms with Crippen molar-refractivity contribution in [3.63, 3.8) is 0 Å². The van der Waals surface area contributed by atoms with E-state index in [9.17, 15) is 23.6 Å². The summed E-state index contributed by atoms with van der Waals surface area (Å²) in [4.78, 5) is 35.5. The van der Waals surface area contributed by atoms with E-state index in [2.05, 4.69) is 81.9 Å². The summed E-state index contributed by atoms with van der Waals surface area (Å²) in [5.41, 5.74) is 6.95. The predicted octanol–water partition coefficient (Wildman–Crippen LogP) is 8.96. The third kappa shape index (κ3) is 8.82. The van der Waals surface area contributed by atoms with Gasteiger partial charge in [-0.1, -0.05) is 32.4 Å². The number of rotatable bonds is 10. The van der Waals surface area contributed by atoms with Crippen LogP contribution in [0.15, 0.2) is 83.4 Å². The normalized spacial score (nSPS) is 23.8. The molecule has 16 heteroatoms. The first-order chi connectivity index (χ1) is 35.4. The molecule has 2 saturated heterocycles. The molecule has 0 unspecified atom stereocenters. The van der Waals surface area contributed by atoms with Crippen LogP contribution in [0.25, 0.3) is 11.1 Å². The van der Waals surface area contributed by atoms with Crippen LogP contribution in [0.4, 0.5) is 20.2 Å². The number of ether oxygens (including phenoxy) is 2. The summed E-state index contributed by atoms with van der Waals surface area (Å²) in [5.74, 6) is 2.17. The molecule has 1 N–H and O–H groups in total. The Morgan fingerprint density at radius 1 is 0.973 bits per heavy atom. The smallest absolute Gasteiger partial charge is 0.264 e. The van der Waals surface area contributed by atoms with E-state index in [1.54, 1.807) is 62.4 Å². The quantitative estimate of drug-likeness (QED) is 0.155. The number of amidine groups is 1. The number of hydrogen-bond donors (Lipinski definition) is 1. The van der Waals surface area contributed by atoms with Crippen molar-refractivity contribution in [1.82, 2.24) is 24.9 Å². The first kappa shape index (κ1) is 49.6. The van der Waals surface area contributed by atoms with Gasteiger partial charge >= 0.3 is 0 Å². The number of hydrazone groups is 1. The molecule has 4 aromatic rings. The van der Waals surface area contributed by atoms with Crippen LogP contribution in [0.2, 0.25) is 0 Å². The van der Waals surface area contributed by atoms with Crippen molar-refractivity contribution >= 4 is 35.2 Å². The minimum Gasteiger partial charge on any atom is -0.495 e. The zero-order valence-electron chi connectivity index (χ0n) is 43.8. The van der Waals surface area contributed by atoms with Gasteiger partial charge in [0.05, 0.1) is 37.4 Å². The van der Waals surface area contributed by atoms with E-state index in [0.717, 1.165) is 85.9 Å². The Morgan fingerprint density at radius 2 is 1.73 bits per heavy atom.